The van der Waals surface area contributed by atoms with Gasteiger partial charge >= 0.3 is 0 Å². The van der Waals surface area contributed by atoms with Crippen LogP contribution in [-0.2, 0) is 4.79 Å². The average Bonchev–Trinajstić information content (AvgIpc) is 2.73. The number of carbonyl (C=O) groups excluding carboxylic acids is 1. The van der Waals surface area contributed by atoms with Crippen LogP contribution in [0.3, 0.4) is 0 Å². The van der Waals surface area contributed by atoms with Crippen LogP contribution in [0.1, 0.15) is 5.56 Å². The molecule has 0 unspecified atom stereocenters. The number of hydrogen-bond donors (Lipinski definition) is 3. The molecule has 7 heteroatoms. The normalized spacial score (nSPS) is 10.2. The standard InChI is InChI=1S/C21H21N5O2/c1-13(21(27)26-17-5-7-20(28-3)25-12-17)18-9-14(4-6-19(18)23-2)15-8-16(22)11-24-10-15/h4-12,23H,1,22H2,2-3H3,(H,26,27). The Hall–Kier alpha value is -3.87. The Morgan fingerprint density at radius 2 is 1.93 bits per heavy atom. The predicted molar refractivity (Wildman–Crippen MR) is 112 cm³/mol. The molecule has 1 aromatic carbocycles. The molecule has 0 fully saturated rings. The molecule has 1 amide bonds. The zero-order chi connectivity index (χ0) is 20.1. The molecule has 0 radical (unpaired) electrons. The van der Waals surface area contributed by atoms with Crippen LogP contribution < -0.4 is 21.1 Å². The van der Waals surface area contributed by atoms with Gasteiger partial charge in [0.2, 0.25) is 5.88 Å². The summed E-state index contributed by atoms with van der Waals surface area (Å²) in [7, 11) is 3.32. The van der Waals surface area contributed by atoms with Gasteiger partial charge in [-0.3, -0.25) is 9.78 Å². The zero-order valence-electron chi connectivity index (χ0n) is 15.7. The summed E-state index contributed by atoms with van der Waals surface area (Å²) in [6.45, 7) is 3.98. The minimum Gasteiger partial charge on any atom is -0.481 e. The lowest BCUT2D eigenvalue weighted by Gasteiger charge is -2.14. The maximum atomic E-state index is 12.7. The Kier molecular flexibility index (Phi) is 5.55. The monoisotopic (exact) mass is 375 g/mol. The van der Waals surface area contributed by atoms with E-state index in [0.717, 1.165) is 16.8 Å². The maximum absolute atomic E-state index is 12.7. The number of rotatable bonds is 6. The second kappa shape index (κ2) is 8.22. The molecule has 0 atom stereocenters. The number of amides is 1. The molecule has 142 valence electrons. The third kappa shape index (κ3) is 4.09. The van der Waals surface area contributed by atoms with Gasteiger partial charge in [-0.25, -0.2) is 4.98 Å². The first-order valence-electron chi connectivity index (χ1n) is 8.55. The smallest absolute Gasteiger partial charge is 0.255 e. The third-order valence-corrected chi connectivity index (χ3v) is 4.18. The van der Waals surface area contributed by atoms with Crippen molar-refractivity contribution >= 4 is 28.5 Å². The predicted octanol–water partition coefficient (Wildman–Crippen LogP) is 3.43. The van der Waals surface area contributed by atoms with E-state index in [1.807, 2.05) is 24.3 Å². The lowest BCUT2D eigenvalue weighted by atomic mass is 9.98. The topological polar surface area (TPSA) is 102 Å². The van der Waals surface area contributed by atoms with E-state index in [1.54, 1.807) is 31.6 Å². The SMILES string of the molecule is C=C(C(=O)Nc1ccc(OC)nc1)c1cc(-c2cncc(N)c2)ccc1NC. The quantitative estimate of drug-likeness (QED) is 0.571. The fourth-order valence-electron chi connectivity index (χ4n) is 2.71. The second-order valence-corrected chi connectivity index (χ2v) is 6.04. The summed E-state index contributed by atoms with van der Waals surface area (Å²) >= 11 is 0. The summed E-state index contributed by atoms with van der Waals surface area (Å²) in [4.78, 5) is 20.9. The first-order valence-corrected chi connectivity index (χ1v) is 8.55. The number of nitrogens with zero attached hydrogens (tertiary/aromatic N) is 2. The molecule has 0 aliphatic heterocycles. The molecule has 28 heavy (non-hydrogen) atoms. The summed E-state index contributed by atoms with van der Waals surface area (Å²) in [5.41, 5.74) is 10.5. The van der Waals surface area contributed by atoms with E-state index >= 15 is 0 Å². The van der Waals surface area contributed by atoms with E-state index in [1.165, 1.54) is 13.3 Å². The van der Waals surface area contributed by atoms with Crippen molar-refractivity contribution in [3.8, 4) is 17.0 Å². The number of pyridine rings is 2. The number of ether oxygens (including phenoxy) is 1. The van der Waals surface area contributed by atoms with Crippen molar-refractivity contribution in [3.05, 3.63) is 67.1 Å². The van der Waals surface area contributed by atoms with Crippen molar-refractivity contribution in [1.29, 1.82) is 0 Å². The Balaban J connectivity index is 1.88. The Labute approximate surface area is 163 Å². The summed E-state index contributed by atoms with van der Waals surface area (Å²) in [6.07, 6.45) is 4.83. The van der Waals surface area contributed by atoms with Gasteiger partial charge in [-0.2, -0.15) is 0 Å². The highest BCUT2D eigenvalue weighted by Gasteiger charge is 2.15. The van der Waals surface area contributed by atoms with Crippen molar-refractivity contribution in [2.75, 3.05) is 30.5 Å². The third-order valence-electron chi connectivity index (χ3n) is 4.18. The van der Waals surface area contributed by atoms with Crippen molar-refractivity contribution < 1.29 is 9.53 Å². The highest BCUT2D eigenvalue weighted by atomic mass is 16.5. The molecular weight excluding hydrogens is 354 g/mol. The number of carbonyl (C=O) groups is 1. The molecule has 4 N–H and O–H groups in total. The van der Waals surface area contributed by atoms with E-state index < -0.39 is 0 Å². The maximum Gasteiger partial charge on any atom is 0.255 e. The van der Waals surface area contributed by atoms with Gasteiger partial charge in [0.1, 0.15) is 0 Å². The minimum atomic E-state index is -0.327. The van der Waals surface area contributed by atoms with E-state index in [-0.39, 0.29) is 5.91 Å². The van der Waals surface area contributed by atoms with Gasteiger partial charge in [-0.15, -0.1) is 0 Å². The van der Waals surface area contributed by atoms with Gasteiger partial charge in [0, 0.05) is 47.9 Å². The molecule has 0 saturated carbocycles. The lowest BCUT2D eigenvalue weighted by molar-refractivity contribution is -0.111. The second-order valence-electron chi connectivity index (χ2n) is 6.04. The highest BCUT2D eigenvalue weighted by molar-refractivity contribution is 6.25. The molecule has 2 aromatic heterocycles. The van der Waals surface area contributed by atoms with E-state index in [9.17, 15) is 4.79 Å². The van der Waals surface area contributed by atoms with Crippen LogP contribution in [0.15, 0.2) is 61.6 Å². The van der Waals surface area contributed by atoms with Gasteiger partial charge in [0.05, 0.1) is 24.7 Å². The molecule has 0 aliphatic rings. The van der Waals surface area contributed by atoms with Gasteiger partial charge in [-0.05, 0) is 29.8 Å². The fraction of sp³-hybridized carbons (Fsp3) is 0.0952. The molecule has 0 spiro atoms. The molecule has 3 rings (SSSR count). The van der Waals surface area contributed by atoms with Crippen molar-refractivity contribution in [1.82, 2.24) is 9.97 Å². The van der Waals surface area contributed by atoms with Crippen LogP contribution in [0.25, 0.3) is 16.7 Å². The summed E-state index contributed by atoms with van der Waals surface area (Å²) in [6, 6.07) is 10.9. The molecule has 3 aromatic rings. The number of aromatic nitrogens is 2. The lowest BCUT2D eigenvalue weighted by Crippen LogP contribution is -2.14. The Bertz CT molecular complexity index is 1020. The molecule has 2 heterocycles. The zero-order valence-corrected chi connectivity index (χ0v) is 15.7. The largest absolute Gasteiger partial charge is 0.481 e. The highest BCUT2D eigenvalue weighted by Crippen LogP contribution is 2.30. The van der Waals surface area contributed by atoms with Crippen LogP contribution in [-0.4, -0.2) is 30.0 Å². The number of benzene rings is 1. The summed E-state index contributed by atoms with van der Waals surface area (Å²) in [5, 5.41) is 5.88. The Morgan fingerprint density at radius 3 is 2.57 bits per heavy atom. The molecule has 7 nitrogen and oxygen atoms in total. The summed E-state index contributed by atoms with van der Waals surface area (Å²) < 4.78 is 5.02. The first kappa shape index (κ1) is 18.9. The minimum absolute atomic E-state index is 0.318. The van der Waals surface area contributed by atoms with Gasteiger partial charge < -0.3 is 21.1 Å². The van der Waals surface area contributed by atoms with Gasteiger partial charge in [0.25, 0.3) is 5.91 Å². The number of nitrogen functional groups attached to an aromatic ring is 1. The molecule has 0 bridgehead atoms. The van der Waals surface area contributed by atoms with Crippen LogP contribution >= 0.6 is 0 Å². The number of nitrogens with two attached hydrogens (primary N) is 1. The molecule has 0 aliphatic carbocycles. The van der Waals surface area contributed by atoms with E-state index in [0.29, 0.717) is 28.4 Å². The van der Waals surface area contributed by atoms with Crippen LogP contribution in [0, 0.1) is 0 Å². The average molecular weight is 375 g/mol. The van der Waals surface area contributed by atoms with Gasteiger partial charge in [0.15, 0.2) is 0 Å². The van der Waals surface area contributed by atoms with Gasteiger partial charge in [-0.1, -0.05) is 12.6 Å². The number of hydrogen-bond acceptors (Lipinski definition) is 6. The van der Waals surface area contributed by atoms with Crippen molar-refractivity contribution in [3.63, 3.8) is 0 Å². The van der Waals surface area contributed by atoms with Crippen molar-refractivity contribution in [2.24, 2.45) is 0 Å². The molecular formula is C21H21N5O2. The van der Waals surface area contributed by atoms with Crippen LogP contribution in [0.5, 0.6) is 5.88 Å². The number of nitrogens with one attached hydrogen (secondary N) is 2. The Morgan fingerprint density at radius 1 is 1.11 bits per heavy atom. The van der Waals surface area contributed by atoms with E-state index in [4.69, 9.17) is 10.5 Å². The first-order chi connectivity index (χ1) is 13.5. The number of anilines is 3. The summed E-state index contributed by atoms with van der Waals surface area (Å²) in [5.74, 6) is 0.143. The molecule has 0 saturated heterocycles. The van der Waals surface area contributed by atoms with Crippen LogP contribution in [0.2, 0.25) is 0 Å². The number of methoxy groups -OCH3 is 1. The van der Waals surface area contributed by atoms with E-state index in [2.05, 4.69) is 27.2 Å². The van der Waals surface area contributed by atoms with Crippen molar-refractivity contribution in [2.45, 2.75) is 0 Å². The fourth-order valence-corrected chi connectivity index (χ4v) is 2.71. The van der Waals surface area contributed by atoms with Crippen LogP contribution in [0.4, 0.5) is 17.1 Å².